The van der Waals surface area contributed by atoms with Crippen molar-refractivity contribution in [1.29, 1.82) is 0 Å². The fourth-order valence-electron chi connectivity index (χ4n) is 2.60. The van der Waals surface area contributed by atoms with Gasteiger partial charge in [0.25, 0.3) is 5.89 Å². The van der Waals surface area contributed by atoms with Crippen LogP contribution in [0.1, 0.15) is 18.4 Å². The van der Waals surface area contributed by atoms with Crippen LogP contribution in [0.5, 0.6) is 0 Å². The first-order valence-corrected chi connectivity index (χ1v) is 10.8. The number of carbonyl (C=O) groups excluding carboxylic acids is 1. The van der Waals surface area contributed by atoms with Crippen molar-refractivity contribution in [2.75, 3.05) is 0 Å². The Balaban J connectivity index is 1.66. The number of aromatic nitrogens is 2. The van der Waals surface area contributed by atoms with Gasteiger partial charge in [0, 0.05) is 5.56 Å². The second kappa shape index (κ2) is 9.27. The van der Waals surface area contributed by atoms with Gasteiger partial charge in [-0.1, -0.05) is 41.0 Å². The molecule has 32 heavy (non-hydrogen) atoms. The molecule has 1 aromatic heterocycles. The number of esters is 1. The normalized spacial score (nSPS) is 13.0. The smallest absolute Gasteiger partial charge is 0.417 e. The molecule has 1 atom stereocenters. The zero-order valence-corrected chi connectivity index (χ0v) is 17.8. The van der Waals surface area contributed by atoms with Gasteiger partial charge in [-0.05, 0) is 31.2 Å². The lowest BCUT2D eigenvalue weighted by Gasteiger charge is -2.16. The quantitative estimate of drug-likeness (QED) is 0.502. The van der Waals surface area contributed by atoms with E-state index >= 15 is 0 Å². The van der Waals surface area contributed by atoms with E-state index in [1.165, 1.54) is 0 Å². The van der Waals surface area contributed by atoms with Crippen LogP contribution in [0.15, 0.2) is 57.9 Å². The second-order valence-corrected chi connectivity index (χ2v) is 8.53. The van der Waals surface area contributed by atoms with Crippen LogP contribution in [0.4, 0.5) is 13.2 Å². The number of hydrogen-bond donors (Lipinski definition) is 1. The second-order valence-electron chi connectivity index (χ2n) is 6.44. The Morgan fingerprint density at radius 2 is 1.84 bits per heavy atom. The van der Waals surface area contributed by atoms with E-state index in [0.29, 0.717) is 16.7 Å². The standard InChI is InChI=1S/C19H15ClF3N3O5S/c1-11(26-32(28,29)15-9-5-3-7-13(15)19(21,22)23)18(27)30-10-16-24-17(25-31-16)12-6-2-4-8-14(12)20/h2-9,11,26H,10H2,1H3. The largest absolute Gasteiger partial charge is 0.454 e. The maximum atomic E-state index is 13.1. The Morgan fingerprint density at radius 1 is 1.19 bits per heavy atom. The van der Waals surface area contributed by atoms with Gasteiger partial charge in [-0.15, -0.1) is 0 Å². The molecule has 0 amide bonds. The zero-order chi connectivity index (χ0) is 23.5. The lowest BCUT2D eigenvalue weighted by atomic mass is 10.2. The monoisotopic (exact) mass is 489 g/mol. The zero-order valence-electron chi connectivity index (χ0n) is 16.3. The summed E-state index contributed by atoms with van der Waals surface area (Å²) in [5, 5.41) is 4.10. The maximum Gasteiger partial charge on any atom is 0.417 e. The summed E-state index contributed by atoms with van der Waals surface area (Å²) in [7, 11) is -4.67. The SMILES string of the molecule is CC(NS(=O)(=O)c1ccccc1C(F)(F)F)C(=O)OCc1nc(-c2ccccc2Cl)no1. The van der Waals surface area contributed by atoms with Crippen LogP contribution in [0.2, 0.25) is 5.02 Å². The topological polar surface area (TPSA) is 111 Å². The Hall–Kier alpha value is -2.96. The molecule has 0 aliphatic heterocycles. The Bertz CT molecular complexity index is 1230. The van der Waals surface area contributed by atoms with E-state index in [2.05, 4.69) is 10.1 Å². The molecule has 13 heteroatoms. The van der Waals surface area contributed by atoms with Crippen molar-refractivity contribution >= 4 is 27.6 Å². The number of hydrogen-bond acceptors (Lipinski definition) is 7. The number of ether oxygens (including phenoxy) is 1. The molecule has 3 rings (SSSR count). The third kappa shape index (κ3) is 5.44. The van der Waals surface area contributed by atoms with Crippen LogP contribution < -0.4 is 4.72 Å². The van der Waals surface area contributed by atoms with Gasteiger partial charge >= 0.3 is 12.1 Å². The third-order valence-corrected chi connectivity index (χ3v) is 6.02. The lowest BCUT2D eigenvalue weighted by Crippen LogP contribution is -2.40. The number of sulfonamides is 1. The molecular weight excluding hydrogens is 475 g/mol. The van der Waals surface area contributed by atoms with Crippen molar-refractivity contribution in [3.63, 3.8) is 0 Å². The summed E-state index contributed by atoms with van der Waals surface area (Å²) in [5.74, 6) is -1.000. The minimum absolute atomic E-state index is 0.0919. The highest BCUT2D eigenvalue weighted by Gasteiger charge is 2.37. The predicted molar refractivity (Wildman–Crippen MR) is 106 cm³/mol. The van der Waals surface area contributed by atoms with Crippen molar-refractivity contribution in [3.8, 4) is 11.4 Å². The molecule has 2 aromatic carbocycles. The van der Waals surface area contributed by atoms with Crippen molar-refractivity contribution < 1.29 is 35.6 Å². The Kier molecular flexibility index (Phi) is 6.86. The molecular formula is C19H15ClF3N3O5S. The molecule has 3 aromatic rings. The first kappa shape index (κ1) is 23.7. The summed E-state index contributed by atoms with van der Waals surface area (Å²) >= 11 is 6.05. The molecule has 170 valence electrons. The molecule has 0 aliphatic carbocycles. The van der Waals surface area contributed by atoms with Crippen LogP contribution in [0, 0.1) is 0 Å². The van der Waals surface area contributed by atoms with Crippen molar-refractivity contribution in [2.45, 2.75) is 30.6 Å². The van der Waals surface area contributed by atoms with Gasteiger partial charge in [-0.25, -0.2) is 8.42 Å². The molecule has 1 heterocycles. The van der Waals surface area contributed by atoms with E-state index in [0.717, 1.165) is 25.1 Å². The van der Waals surface area contributed by atoms with Crippen LogP contribution in [-0.2, 0) is 32.3 Å². The van der Waals surface area contributed by atoms with E-state index < -0.39 is 45.3 Å². The summed E-state index contributed by atoms with van der Waals surface area (Å²) < 4.78 is 75.9. The van der Waals surface area contributed by atoms with E-state index in [1.54, 1.807) is 24.3 Å². The number of nitrogens with one attached hydrogen (secondary N) is 1. The van der Waals surface area contributed by atoms with Crippen LogP contribution in [0.25, 0.3) is 11.4 Å². The molecule has 1 N–H and O–H groups in total. The molecule has 8 nitrogen and oxygen atoms in total. The fourth-order valence-corrected chi connectivity index (χ4v) is 4.24. The van der Waals surface area contributed by atoms with Gasteiger partial charge in [-0.2, -0.15) is 22.9 Å². The highest BCUT2D eigenvalue weighted by atomic mass is 35.5. The molecule has 1 unspecified atom stereocenters. The number of benzene rings is 2. The number of nitrogens with zero attached hydrogens (tertiary/aromatic N) is 2. The first-order valence-electron chi connectivity index (χ1n) is 8.91. The summed E-state index contributed by atoms with van der Waals surface area (Å²) in [6.07, 6.45) is -4.90. The molecule has 0 radical (unpaired) electrons. The highest BCUT2D eigenvalue weighted by molar-refractivity contribution is 7.89. The fraction of sp³-hybridized carbons (Fsp3) is 0.211. The molecule has 0 aliphatic rings. The van der Waals surface area contributed by atoms with E-state index in [9.17, 15) is 26.4 Å². The van der Waals surface area contributed by atoms with Gasteiger partial charge in [0.2, 0.25) is 15.8 Å². The molecule has 0 saturated heterocycles. The van der Waals surface area contributed by atoms with Crippen molar-refractivity contribution in [1.82, 2.24) is 14.9 Å². The van der Waals surface area contributed by atoms with E-state index in [-0.39, 0.29) is 11.7 Å². The van der Waals surface area contributed by atoms with Gasteiger partial charge in [-0.3, -0.25) is 4.79 Å². The summed E-state index contributed by atoms with van der Waals surface area (Å²) in [6, 6.07) is 8.82. The first-order chi connectivity index (χ1) is 15.0. The molecule has 0 bridgehead atoms. The Labute approximate surface area is 185 Å². The van der Waals surface area contributed by atoms with E-state index in [4.69, 9.17) is 20.9 Å². The number of alkyl halides is 3. The number of halogens is 4. The maximum absolute atomic E-state index is 13.1. The minimum Gasteiger partial charge on any atom is -0.454 e. The van der Waals surface area contributed by atoms with Gasteiger partial charge in [0.1, 0.15) is 6.04 Å². The Morgan fingerprint density at radius 3 is 2.53 bits per heavy atom. The van der Waals surface area contributed by atoms with Crippen LogP contribution in [0.3, 0.4) is 0 Å². The third-order valence-electron chi connectivity index (χ3n) is 4.09. The van der Waals surface area contributed by atoms with Crippen molar-refractivity contribution in [2.24, 2.45) is 0 Å². The molecule has 0 spiro atoms. The van der Waals surface area contributed by atoms with Crippen LogP contribution >= 0.6 is 11.6 Å². The van der Waals surface area contributed by atoms with Gasteiger partial charge in [0.15, 0.2) is 6.61 Å². The van der Waals surface area contributed by atoms with Crippen LogP contribution in [-0.4, -0.2) is 30.6 Å². The lowest BCUT2D eigenvalue weighted by molar-refractivity contribution is -0.147. The molecule has 0 fully saturated rings. The molecule has 0 saturated carbocycles. The van der Waals surface area contributed by atoms with Crippen molar-refractivity contribution in [3.05, 3.63) is 65.0 Å². The predicted octanol–water partition coefficient (Wildman–Crippen LogP) is 3.82. The average Bonchev–Trinajstić information content (AvgIpc) is 3.20. The van der Waals surface area contributed by atoms with E-state index in [1.807, 2.05) is 4.72 Å². The number of rotatable bonds is 7. The van der Waals surface area contributed by atoms with Gasteiger partial charge < -0.3 is 9.26 Å². The highest BCUT2D eigenvalue weighted by Crippen LogP contribution is 2.34. The summed E-state index contributed by atoms with van der Waals surface area (Å²) in [4.78, 5) is 15.2. The van der Waals surface area contributed by atoms with Gasteiger partial charge in [0.05, 0.1) is 15.5 Å². The summed E-state index contributed by atoms with van der Waals surface area (Å²) in [6.45, 7) is 0.639. The average molecular weight is 490 g/mol. The summed E-state index contributed by atoms with van der Waals surface area (Å²) in [5.41, 5.74) is -0.869. The minimum atomic E-state index is -4.90. The number of carbonyl (C=O) groups is 1.